The highest BCUT2D eigenvalue weighted by Crippen LogP contribution is 2.18. The van der Waals surface area contributed by atoms with Crippen molar-refractivity contribution in [2.24, 2.45) is 0 Å². The van der Waals surface area contributed by atoms with Crippen LogP contribution in [0, 0.1) is 0 Å². The van der Waals surface area contributed by atoms with Crippen LogP contribution >= 0.6 is 15.9 Å². The molecule has 1 fully saturated rings. The molecular weight excluding hydrogens is 236 g/mol. The number of likely N-dealkylation sites (N-methyl/N-ethyl adjacent to an activating group) is 1. The summed E-state index contributed by atoms with van der Waals surface area (Å²) in [6, 6.07) is 0.361. The molecule has 13 heavy (non-hydrogen) atoms. The molecule has 0 heterocycles. The van der Waals surface area contributed by atoms with Crippen molar-refractivity contribution in [1.82, 2.24) is 10.2 Å². The van der Waals surface area contributed by atoms with Crippen molar-refractivity contribution < 1.29 is 9.59 Å². The second-order valence-electron chi connectivity index (χ2n) is 3.23. The molecule has 1 rings (SSSR count). The number of hydrogen-bond donors (Lipinski definition) is 1. The number of hydrogen-bond acceptors (Lipinski definition) is 2. The van der Waals surface area contributed by atoms with E-state index >= 15 is 0 Å². The van der Waals surface area contributed by atoms with E-state index < -0.39 is 0 Å². The van der Waals surface area contributed by atoms with Gasteiger partial charge in [0.15, 0.2) is 0 Å². The first-order valence-corrected chi connectivity index (χ1v) is 5.35. The lowest BCUT2D eigenvalue weighted by atomic mass is 10.5. The highest BCUT2D eigenvalue weighted by atomic mass is 79.9. The van der Waals surface area contributed by atoms with Crippen LogP contribution in [0.4, 0.5) is 0 Å². The van der Waals surface area contributed by atoms with Crippen LogP contribution in [0.3, 0.4) is 0 Å². The van der Waals surface area contributed by atoms with Gasteiger partial charge in [0.25, 0.3) is 0 Å². The monoisotopic (exact) mass is 248 g/mol. The third-order valence-electron chi connectivity index (χ3n) is 1.86. The van der Waals surface area contributed by atoms with E-state index in [2.05, 4.69) is 21.2 Å². The van der Waals surface area contributed by atoms with Crippen molar-refractivity contribution in [3.63, 3.8) is 0 Å². The quantitative estimate of drug-likeness (QED) is 0.719. The maximum atomic E-state index is 11.2. The Morgan fingerprint density at radius 3 is 2.62 bits per heavy atom. The van der Waals surface area contributed by atoms with Gasteiger partial charge in [0.05, 0.1) is 11.9 Å². The van der Waals surface area contributed by atoms with Crippen LogP contribution in [0.1, 0.15) is 12.8 Å². The lowest BCUT2D eigenvalue weighted by Gasteiger charge is -2.14. The zero-order valence-electron chi connectivity index (χ0n) is 7.55. The Morgan fingerprint density at radius 2 is 2.15 bits per heavy atom. The lowest BCUT2D eigenvalue weighted by Crippen LogP contribution is -2.39. The number of carbonyl (C=O) groups excluding carboxylic acids is 2. The summed E-state index contributed by atoms with van der Waals surface area (Å²) >= 11 is 3.05. The molecule has 0 saturated heterocycles. The maximum Gasteiger partial charge on any atom is 0.239 e. The molecule has 0 aromatic rings. The Morgan fingerprint density at radius 1 is 1.54 bits per heavy atom. The number of carbonyl (C=O) groups is 2. The van der Waals surface area contributed by atoms with Crippen molar-refractivity contribution in [3.8, 4) is 0 Å². The number of nitrogens with zero attached hydrogens (tertiary/aromatic N) is 1. The molecule has 1 aliphatic carbocycles. The van der Waals surface area contributed by atoms with E-state index in [0.29, 0.717) is 6.04 Å². The number of rotatable bonds is 4. The van der Waals surface area contributed by atoms with Crippen LogP contribution in [-0.4, -0.2) is 41.7 Å². The van der Waals surface area contributed by atoms with Gasteiger partial charge >= 0.3 is 0 Å². The SMILES string of the molecule is CN(CC(=O)NC1CC1)C(=O)CBr. The molecule has 1 saturated carbocycles. The van der Waals surface area contributed by atoms with Gasteiger partial charge in [-0.3, -0.25) is 9.59 Å². The Balaban J connectivity index is 2.21. The molecule has 0 aromatic heterocycles. The topological polar surface area (TPSA) is 49.4 Å². The summed E-state index contributed by atoms with van der Waals surface area (Å²) in [4.78, 5) is 23.7. The summed E-state index contributed by atoms with van der Waals surface area (Å²) in [5.41, 5.74) is 0. The molecular formula is C8H13BrN2O2. The third kappa shape index (κ3) is 3.76. The average Bonchev–Trinajstić information content (AvgIpc) is 2.86. The molecule has 0 atom stereocenters. The Hall–Kier alpha value is -0.580. The minimum absolute atomic E-state index is 0.0701. The van der Waals surface area contributed by atoms with Crippen LogP contribution in [0.2, 0.25) is 0 Å². The van der Waals surface area contributed by atoms with E-state index in [1.807, 2.05) is 0 Å². The van der Waals surface area contributed by atoms with E-state index in [-0.39, 0.29) is 23.7 Å². The fourth-order valence-corrected chi connectivity index (χ4v) is 1.33. The van der Waals surface area contributed by atoms with Crippen molar-refractivity contribution >= 4 is 27.7 Å². The highest BCUT2D eigenvalue weighted by molar-refractivity contribution is 9.09. The van der Waals surface area contributed by atoms with Gasteiger partial charge in [-0.2, -0.15) is 0 Å². The largest absolute Gasteiger partial charge is 0.352 e. The van der Waals surface area contributed by atoms with E-state index in [4.69, 9.17) is 0 Å². The van der Waals surface area contributed by atoms with Crippen LogP contribution in [-0.2, 0) is 9.59 Å². The predicted octanol–water partition coefficient (Wildman–Crippen LogP) is 0.118. The zero-order valence-corrected chi connectivity index (χ0v) is 9.13. The van der Waals surface area contributed by atoms with Crippen molar-refractivity contribution in [2.75, 3.05) is 18.9 Å². The summed E-state index contributed by atoms with van der Waals surface area (Å²) in [6.07, 6.45) is 2.14. The molecule has 0 bridgehead atoms. The second-order valence-corrected chi connectivity index (χ2v) is 3.79. The molecule has 5 heteroatoms. The van der Waals surface area contributed by atoms with Gasteiger partial charge in [0, 0.05) is 13.1 Å². The Labute approximate surface area is 85.8 Å². The molecule has 74 valence electrons. The second kappa shape index (κ2) is 4.60. The Kier molecular flexibility index (Phi) is 3.71. The first-order valence-electron chi connectivity index (χ1n) is 4.22. The molecule has 1 N–H and O–H groups in total. The summed E-state index contributed by atoms with van der Waals surface area (Å²) in [6.45, 7) is 0.154. The van der Waals surface area contributed by atoms with Gasteiger partial charge in [0.1, 0.15) is 0 Å². The molecule has 1 aliphatic rings. The average molecular weight is 249 g/mol. The number of amides is 2. The van der Waals surface area contributed by atoms with Gasteiger partial charge in [-0.05, 0) is 12.8 Å². The summed E-state index contributed by atoms with van der Waals surface area (Å²) < 4.78 is 0. The number of alkyl halides is 1. The van der Waals surface area contributed by atoms with Gasteiger partial charge < -0.3 is 10.2 Å². The third-order valence-corrected chi connectivity index (χ3v) is 2.34. The van der Waals surface area contributed by atoms with E-state index in [1.165, 1.54) is 4.90 Å². The van der Waals surface area contributed by atoms with Crippen molar-refractivity contribution in [2.45, 2.75) is 18.9 Å². The lowest BCUT2D eigenvalue weighted by molar-refractivity contribution is -0.132. The van der Waals surface area contributed by atoms with Crippen LogP contribution in [0.15, 0.2) is 0 Å². The van der Waals surface area contributed by atoms with E-state index in [1.54, 1.807) is 7.05 Å². The van der Waals surface area contributed by atoms with Crippen LogP contribution < -0.4 is 5.32 Å². The summed E-state index contributed by atoms with van der Waals surface area (Å²) in [5.74, 6) is -0.148. The van der Waals surface area contributed by atoms with Crippen molar-refractivity contribution in [1.29, 1.82) is 0 Å². The van der Waals surface area contributed by atoms with E-state index in [0.717, 1.165) is 12.8 Å². The summed E-state index contributed by atoms with van der Waals surface area (Å²) in [7, 11) is 1.62. The smallest absolute Gasteiger partial charge is 0.239 e. The maximum absolute atomic E-state index is 11.2. The Bertz CT molecular complexity index is 216. The van der Waals surface area contributed by atoms with Gasteiger partial charge in [-0.1, -0.05) is 15.9 Å². The normalized spacial score (nSPS) is 15.2. The number of nitrogens with one attached hydrogen (secondary N) is 1. The number of halogens is 1. The van der Waals surface area contributed by atoms with Crippen LogP contribution in [0.25, 0.3) is 0 Å². The molecule has 0 aliphatic heterocycles. The first-order chi connectivity index (χ1) is 6.13. The molecule has 0 unspecified atom stereocenters. The molecule has 0 radical (unpaired) electrons. The molecule has 2 amide bonds. The first kappa shape index (κ1) is 10.5. The molecule has 4 nitrogen and oxygen atoms in total. The van der Waals surface area contributed by atoms with Crippen LogP contribution in [0.5, 0.6) is 0 Å². The molecule has 0 aromatic carbocycles. The van der Waals surface area contributed by atoms with Gasteiger partial charge in [0.2, 0.25) is 11.8 Å². The predicted molar refractivity (Wildman–Crippen MR) is 52.6 cm³/mol. The minimum Gasteiger partial charge on any atom is -0.352 e. The van der Waals surface area contributed by atoms with Gasteiger partial charge in [-0.15, -0.1) is 0 Å². The fraction of sp³-hybridized carbons (Fsp3) is 0.750. The standard InChI is InChI=1S/C8H13BrN2O2/c1-11(8(13)4-9)5-7(12)10-6-2-3-6/h6H,2-5H2,1H3,(H,10,12). The highest BCUT2D eigenvalue weighted by Gasteiger charge is 2.23. The van der Waals surface area contributed by atoms with Crippen molar-refractivity contribution in [3.05, 3.63) is 0 Å². The summed E-state index contributed by atoms with van der Waals surface area (Å²) in [5, 5.41) is 3.08. The minimum atomic E-state index is -0.0778. The van der Waals surface area contributed by atoms with Gasteiger partial charge in [-0.25, -0.2) is 0 Å². The molecule has 0 spiro atoms. The fourth-order valence-electron chi connectivity index (χ4n) is 0.907. The van der Waals surface area contributed by atoms with E-state index in [9.17, 15) is 9.59 Å². The zero-order chi connectivity index (χ0) is 9.84.